The smallest absolute Gasteiger partial charge is 0.335 e. The summed E-state index contributed by atoms with van der Waals surface area (Å²) in [4.78, 5) is 11.8. The zero-order valence-electron chi connectivity index (χ0n) is 10.3. The van der Waals surface area contributed by atoms with E-state index in [2.05, 4.69) is 0 Å². The Morgan fingerprint density at radius 2 is 1.89 bits per heavy atom. The molecule has 2 aromatic carbocycles. The van der Waals surface area contributed by atoms with E-state index < -0.39 is 5.97 Å². The lowest BCUT2D eigenvalue weighted by Crippen LogP contribution is -2.00. The van der Waals surface area contributed by atoms with Gasteiger partial charge in [-0.15, -0.1) is 11.8 Å². The van der Waals surface area contributed by atoms with Crippen molar-refractivity contribution in [3.05, 3.63) is 60.2 Å². The van der Waals surface area contributed by atoms with Crippen LogP contribution >= 0.6 is 11.8 Å². The molecule has 0 saturated carbocycles. The Labute approximate surface area is 116 Å². The molecule has 0 atom stereocenters. The Balaban J connectivity index is 1.80. The summed E-state index contributed by atoms with van der Waals surface area (Å²) in [6.45, 7) is 0.589. The minimum atomic E-state index is -0.900. The van der Waals surface area contributed by atoms with Gasteiger partial charge in [0.25, 0.3) is 0 Å². The summed E-state index contributed by atoms with van der Waals surface area (Å²) in [5.74, 6) is 0.725. The van der Waals surface area contributed by atoms with Gasteiger partial charge in [-0.2, -0.15) is 0 Å². The fourth-order valence-corrected chi connectivity index (χ4v) is 2.34. The molecule has 0 aliphatic carbocycles. The lowest BCUT2D eigenvalue weighted by Gasteiger charge is -2.06. The molecule has 98 valence electrons. The second-order valence-corrected chi connectivity index (χ2v) is 5.01. The van der Waals surface area contributed by atoms with E-state index in [1.807, 2.05) is 36.4 Å². The number of para-hydroxylation sites is 1. The first-order chi connectivity index (χ1) is 9.25. The molecule has 0 heterocycles. The van der Waals surface area contributed by atoms with Crippen molar-refractivity contribution in [2.45, 2.75) is 4.90 Å². The van der Waals surface area contributed by atoms with Crippen molar-refractivity contribution < 1.29 is 14.6 Å². The Morgan fingerprint density at radius 1 is 1.11 bits per heavy atom. The average Bonchev–Trinajstić information content (AvgIpc) is 2.45. The van der Waals surface area contributed by atoms with Crippen molar-refractivity contribution in [2.24, 2.45) is 0 Å². The lowest BCUT2D eigenvalue weighted by molar-refractivity contribution is 0.0696. The predicted molar refractivity (Wildman–Crippen MR) is 76.1 cm³/mol. The highest BCUT2D eigenvalue weighted by atomic mass is 32.2. The largest absolute Gasteiger partial charge is 0.493 e. The average molecular weight is 274 g/mol. The summed E-state index contributed by atoms with van der Waals surface area (Å²) in [5, 5.41) is 8.90. The van der Waals surface area contributed by atoms with Crippen molar-refractivity contribution >= 4 is 17.7 Å². The first-order valence-electron chi connectivity index (χ1n) is 5.90. The molecule has 0 fully saturated rings. The number of thioether (sulfide) groups is 1. The van der Waals surface area contributed by atoms with Gasteiger partial charge in [0.1, 0.15) is 5.75 Å². The van der Waals surface area contributed by atoms with Crippen molar-refractivity contribution in [3.63, 3.8) is 0 Å². The van der Waals surface area contributed by atoms with Crippen LogP contribution in [0, 0.1) is 0 Å². The molecule has 4 heteroatoms. The zero-order valence-corrected chi connectivity index (χ0v) is 11.1. The third kappa shape index (κ3) is 4.34. The first-order valence-corrected chi connectivity index (χ1v) is 6.88. The van der Waals surface area contributed by atoms with E-state index in [9.17, 15) is 4.79 Å². The fraction of sp³-hybridized carbons (Fsp3) is 0.133. The quantitative estimate of drug-likeness (QED) is 0.646. The van der Waals surface area contributed by atoms with Crippen molar-refractivity contribution in [1.29, 1.82) is 0 Å². The maximum absolute atomic E-state index is 10.8. The molecule has 1 N–H and O–H groups in total. The molecule has 3 nitrogen and oxygen atoms in total. The summed E-state index contributed by atoms with van der Waals surface area (Å²) in [6, 6.07) is 16.5. The SMILES string of the molecule is O=C(O)c1cccc(SCCOc2ccccc2)c1. The highest BCUT2D eigenvalue weighted by Crippen LogP contribution is 2.19. The van der Waals surface area contributed by atoms with Crippen LogP contribution in [0.3, 0.4) is 0 Å². The van der Waals surface area contributed by atoms with E-state index in [1.165, 1.54) is 0 Å². The highest BCUT2D eigenvalue weighted by Gasteiger charge is 2.03. The van der Waals surface area contributed by atoms with Crippen LogP contribution in [0.25, 0.3) is 0 Å². The summed E-state index contributed by atoms with van der Waals surface area (Å²) in [6.07, 6.45) is 0. The van der Waals surface area contributed by atoms with Gasteiger partial charge < -0.3 is 9.84 Å². The van der Waals surface area contributed by atoms with E-state index in [0.717, 1.165) is 16.4 Å². The van der Waals surface area contributed by atoms with Crippen LogP contribution in [0.1, 0.15) is 10.4 Å². The second-order valence-electron chi connectivity index (χ2n) is 3.84. The first kappa shape index (κ1) is 13.5. The van der Waals surface area contributed by atoms with Gasteiger partial charge in [0.05, 0.1) is 12.2 Å². The zero-order chi connectivity index (χ0) is 13.5. The molecule has 0 amide bonds. The van der Waals surface area contributed by atoms with Crippen molar-refractivity contribution in [1.82, 2.24) is 0 Å². The highest BCUT2D eigenvalue weighted by molar-refractivity contribution is 7.99. The molecule has 0 saturated heterocycles. The van der Waals surface area contributed by atoms with E-state index >= 15 is 0 Å². The molecule has 0 bridgehead atoms. The van der Waals surface area contributed by atoms with Gasteiger partial charge in [-0.1, -0.05) is 24.3 Å². The number of aromatic carboxylic acids is 1. The summed E-state index contributed by atoms with van der Waals surface area (Å²) in [5.41, 5.74) is 0.314. The number of rotatable bonds is 6. The maximum Gasteiger partial charge on any atom is 0.335 e. The number of ether oxygens (including phenoxy) is 1. The van der Waals surface area contributed by atoms with Gasteiger partial charge in [-0.25, -0.2) is 4.79 Å². The minimum Gasteiger partial charge on any atom is -0.493 e. The Bertz CT molecular complexity index is 540. The monoisotopic (exact) mass is 274 g/mol. The Morgan fingerprint density at radius 3 is 2.63 bits per heavy atom. The number of carboxylic acids is 1. The van der Waals surface area contributed by atoms with Crippen LogP contribution in [0.15, 0.2) is 59.5 Å². The van der Waals surface area contributed by atoms with Gasteiger partial charge in [0.15, 0.2) is 0 Å². The van der Waals surface area contributed by atoms with Gasteiger partial charge in [-0.05, 0) is 30.3 Å². The summed E-state index contributed by atoms with van der Waals surface area (Å²) < 4.78 is 5.57. The van der Waals surface area contributed by atoms with E-state index in [4.69, 9.17) is 9.84 Å². The Kier molecular flexibility index (Phi) is 4.86. The number of carbonyl (C=O) groups is 1. The van der Waals surface area contributed by atoms with E-state index in [1.54, 1.807) is 30.0 Å². The van der Waals surface area contributed by atoms with Gasteiger partial charge in [-0.3, -0.25) is 0 Å². The molecule has 19 heavy (non-hydrogen) atoms. The summed E-state index contributed by atoms with van der Waals surface area (Å²) in [7, 11) is 0. The summed E-state index contributed by atoms with van der Waals surface area (Å²) >= 11 is 1.58. The minimum absolute atomic E-state index is 0.314. The fourth-order valence-electron chi connectivity index (χ4n) is 1.55. The molecule has 2 aromatic rings. The van der Waals surface area contributed by atoms with Crippen molar-refractivity contribution in [2.75, 3.05) is 12.4 Å². The van der Waals surface area contributed by atoms with Crippen LogP contribution in [0.2, 0.25) is 0 Å². The molecular weight excluding hydrogens is 260 g/mol. The van der Waals surface area contributed by atoms with Crippen LogP contribution in [0.5, 0.6) is 5.75 Å². The van der Waals surface area contributed by atoms with Crippen LogP contribution in [-0.2, 0) is 0 Å². The number of carboxylic acid groups (broad SMARTS) is 1. The second kappa shape index (κ2) is 6.85. The third-order valence-electron chi connectivity index (χ3n) is 2.44. The third-order valence-corrected chi connectivity index (χ3v) is 3.40. The van der Waals surface area contributed by atoms with Gasteiger partial charge >= 0.3 is 5.97 Å². The predicted octanol–water partition coefficient (Wildman–Crippen LogP) is 3.56. The maximum atomic E-state index is 10.8. The van der Waals surface area contributed by atoms with Gasteiger partial charge in [0.2, 0.25) is 0 Å². The van der Waals surface area contributed by atoms with Crippen LogP contribution in [-0.4, -0.2) is 23.4 Å². The molecule has 0 unspecified atom stereocenters. The molecule has 0 radical (unpaired) electrons. The number of hydrogen-bond donors (Lipinski definition) is 1. The normalized spacial score (nSPS) is 10.1. The Hall–Kier alpha value is -1.94. The molecule has 0 aromatic heterocycles. The number of hydrogen-bond acceptors (Lipinski definition) is 3. The molecule has 2 rings (SSSR count). The van der Waals surface area contributed by atoms with E-state index in [0.29, 0.717) is 12.2 Å². The molecule has 0 aliphatic rings. The molecule has 0 spiro atoms. The standard InChI is InChI=1S/C15H14O3S/c16-15(17)12-5-4-8-14(11-12)19-10-9-18-13-6-2-1-3-7-13/h1-8,11H,9-10H2,(H,16,17). The molecule has 0 aliphatic heterocycles. The number of benzene rings is 2. The van der Waals surface area contributed by atoms with Crippen LogP contribution < -0.4 is 4.74 Å². The van der Waals surface area contributed by atoms with Crippen LogP contribution in [0.4, 0.5) is 0 Å². The lowest BCUT2D eigenvalue weighted by atomic mass is 10.2. The van der Waals surface area contributed by atoms with Crippen molar-refractivity contribution in [3.8, 4) is 5.75 Å². The van der Waals surface area contributed by atoms with E-state index in [-0.39, 0.29) is 0 Å². The van der Waals surface area contributed by atoms with Gasteiger partial charge in [0, 0.05) is 10.6 Å². The molecular formula is C15H14O3S. The topological polar surface area (TPSA) is 46.5 Å².